The van der Waals surface area contributed by atoms with Crippen LogP contribution in [0.1, 0.15) is 25.0 Å². The molecule has 0 unspecified atom stereocenters. The van der Waals surface area contributed by atoms with Gasteiger partial charge in [0.2, 0.25) is 5.91 Å². The van der Waals surface area contributed by atoms with E-state index in [1.54, 1.807) is 0 Å². The highest BCUT2D eigenvalue weighted by atomic mass is 32.1. The summed E-state index contributed by atoms with van der Waals surface area (Å²) in [6, 6.07) is 5.90. The molecular weight excluding hydrogens is 246 g/mol. The van der Waals surface area contributed by atoms with Gasteiger partial charge in [0.05, 0.1) is 6.54 Å². The van der Waals surface area contributed by atoms with Crippen molar-refractivity contribution in [2.75, 3.05) is 11.4 Å². The van der Waals surface area contributed by atoms with Gasteiger partial charge in [0.15, 0.2) is 0 Å². The first-order valence-electron chi connectivity index (χ1n) is 5.78. The molecule has 0 bridgehead atoms. The van der Waals surface area contributed by atoms with Crippen LogP contribution in [0.2, 0.25) is 0 Å². The maximum absolute atomic E-state index is 11.1. The van der Waals surface area contributed by atoms with Crippen molar-refractivity contribution in [3.8, 4) is 0 Å². The quantitative estimate of drug-likeness (QED) is 0.788. The molecule has 0 aliphatic heterocycles. The number of primary amides is 1. The number of nitrogens with two attached hydrogens (primary N) is 2. The van der Waals surface area contributed by atoms with E-state index in [9.17, 15) is 4.79 Å². The highest BCUT2D eigenvalue weighted by Gasteiger charge is 2.15. The number of hydrogen-bond donors (Lipinski definition) is 2. The Balaban J connectivity index is 3.13. The number of rotatable bonds is 5. The van der Waals surface area contributed by atoms with Crippen molar-refractivity contribution in [3.05, 3.63) is 29.3 Å². The van der Waals surface area contributed by atoms with E-state index in [-0.39, 0.29) is 18.5 Å². The molecule has 0 aromatic heterocycles. The zero-order valence-corrected chi connectivity index (χ0v) is 11.8. The van der Waals surface area contributed by atoms with E-state index in [1.165, 1.54) is 0 Å². The zero-order valence-electron chi connectivity index (χ0n) is 10.9. The van der Waals surface area contributed by atoms with Crippen LogP contribution in [0.4, 0.5) is 5.69 Å². The van der Waals surface area contributed by atoms with Gasteiger partial charge in [-0.2, -0.15) is 0 Å². The molecule has 0 aliphatic carbocycles. The van der Waals surface area contributed by atoms with Gasteiger partial charge in [0, 0.05) is 17.3 Å². The van der Waals surface area contributed by atoms with Crippen molar-refractivity contribution in [1.82, 2.24) is 0 Å². The van der Waals surface area contributed by atoms with E-state index < -0.39 is 0 Å². The summed E-state index contributed by atoms with van der Waals surface area (Å²) in [5.41, 5.74) is 13.7. The fraction of sp³-hybridized carbons (Fsp3) is 0.385. The van der Waals surface area contributed by atoms with Gasteiger partial charge in [-0.25, -0.2) is 0 Å². The summed E-state index contributed by atoms with van der Waals surface area (Å²) in [5.74, 6) is -0.346. The van der Waals surface area contributed by atoms with Crippen LogP contribution in [0, 0.1) is 6.92 Å². The third-order valence-electron chi connectivity index (χ3n) is 2.74. The third-order valence-corrected chi connectivity index (χ3v) is 2.98. The molecule has 1 aromatic carbocycles. The molecule has 98 valence electrons. The summed E-state index contributed by atoms with van der Waals surface area (Å²) in [7, 11) is 0. The second-order valence-corrected chi connectivity index (χ2v) is 4.99. The molecule has 0 spiro atoms. The first-order chi connectivity index (χ1) is 8.32. The number of aryl methyl sites for hydroxylation is 1. The summed E-state index contributed by atoms with van der Waals surface area (Å²) in [4.78, 5) is 13.4. The maximum atomic E-state index is 11.1. The Kier molecular flexibility index (Phi) is 4.67. The van der Waals surface area contributed by atoms with Crippen LogP contribution in [0.5, 0.6) is 0 Å². The standard InChI is InChI=1S/C13H19N3OS/c1-8(2)16(7-12(14)17)11-5-4-10(13(15)18)6-9(11)3/h4-6,8H,7H2,1-3H3,(H2,14,17)(H2,15,18). The predicted octanol–water partition coefficient (Wildman–Crippen LogP) is 1.33. The maximum Gasteiger partial charge on any atom is 0.236 e. The fourth-order valence-corrected chi connectivity index (χ4v) is 1.97. The van der Waals surface area contributed by atoms with E-state index >= 15 is 0 Å². The average Bonchev–Trinajstić information content (AvgIpc) is 2.25. The number of amides is 1. The SMILES string of the molecule is Cc1cc(C(N)=S)ccc1N(CC(N)=O)C(C)C. The minimum absolute atomic E-state index is 0.187. The molecule has 0 saturated carbocycles. The van der Waals surface area contributed by atoms with Crippen LogP contribution < -0.4 is 16.4 Å². The van der Waals surface area contributed by atoms with Gasteiger partial charge < -0.3 is 16.4 Å². The van der Waals surface area contributed by atoms with Gasteiger partial charge in [0.25, 0.3) is 0 Å². The molecule has 0 heterocycles. The number of carbonyl (C=O) groups excluding carboxylic acids is 1. The molecule has 0 aliphatic rings. The smallest absolute Gasteiger partial charge is 0.236 e. The van der Waals surface area contributed by atoms with E-state index in [4.69, 9.17) is 23.7 Å². The van der Waals surface area contributed by atoms with Gasteiger partial charge in [-0.3, -0.25) is 4.79 Å². The highest BCUT2D eigenvalue weighted by Crippen LogP contribution is 2.23. The summed E-state index contributed by atoms with van der Waals surface area (Å²) in [6.45, 7) is 6.20. The van der Waals surface area contributed by atoms with Gasteiger partial charge in [-0.1, -0.05) is 12.2 Å². The van der Waals surface area contributed by atoms with Crippen molar-refractivity contribution in [3.63, 3.8) is 0 Å². The third kappa shape index (κ3) is 3.43. The lowest BCUT2D eigenvalue weighted by atomic mass is 10.1. The fourth-order valence-electron chi connectivity index (χ4n) is 1.84. The predicted molar refractivity (Wildman–Crippen MR) is 78.7 cm³/mol. The summed E-state index contributed by atoms with van der Waals surface area (Å²) in [6.07, 6.45) is 0. The van der Waals surface area contributed by atoms with Gasteiger partial charge in [-0.05, 0) is 44.5 Å². The Bertz CT molecular complexity index is 471. The summed E-state index contributed by atoms with van der Waals surface area (Å²) >= 11 is 4.94. The Labute approximate surface area is 113 Å². The highest BCUT2D eigenvalue weighted by molar-refractivity contribution is 7.80. The first kappa shape index (κ1) is 14.4. The van der Waals surface area contributed by atoms with E-state index in [0.29, 0.717) is 4.99 Å². The molecule has 0 atom stereocenters. The van der Waals surface area contributed by atoms with Crippen LogP contribution in [-0.4, -0.2) is 23.5 Å². The first-order valence-corrected chi connectivity index (χ1v) is 6.19. The van der Waals surface area contributed by atoms with Gasteiger partial charge in [0.1, 0.15) is 4.99 Å². The number of carbonyl (C=O) groups is 1. The lowest BCUT2D eigenvalue weighted by molar-refractivity contribution is -0.116. The number of thiocarbonyl (C=S) groups is 1. The Morgan fingerprint density at radius 1 is 1.39 bits per heavy atom. The molecule has 0 fully saturated rings. The van der Waals surface area contributed by atoms with Crippen molar-refractivity contribution in [2.24, 2.45) is 11.5 Å². The number of anilines is 1. The van der Waals surface area contributed by atoms with Crippen LogP contribution in [0.25, 0.3) is 0 Å². The van der Waals surface area contributed by atoms with Crippen molar-refractivity contribution < 1.29 is 4.79 Å². The van der Waals surface area contributed by atoms with Crippen LogP contribution >= 0.6 is 12.2 Å². The van der Waals surface area contributed by atoms with Crippen molar-refractivity contribution in [2.45, 2.75) is 26.8 Å². The van der Waals surface area contributed by atoms with Crippen molar-refractivity contribution >= 4 is 28.8 Å². The Hall–Kier alpha value is -1.62. The molecule has 0 saturated heterocycles. The number of hydrogen-bond acceptors (Lipinski definition) is 3. The molecule has 0 radical (unpaired) electrons. The van der Waals surface area contributed by atoms with Crippen LogP contribution in [0.3, 0.4) is 0 Å². The Morgan fingerprint density at radius 3 is 2.39 bits per heavy atom. The van der Waals surface area contributed by atoms with Crippen LogP contribution in [-0.2, 0) is 4.79 Å². The largest absolute Gasteiger partial charge is 0.389 e. The number of benzene rings is 1. The molecule has 18 heavy (non-hydrogen) atoms. The second kappa shape index (κ2) is 5.82. The lowest BCUT2D eigenvalue weighted by Gasteiger charge is -2.29. The van der Waals surface area contributed by atoms with E-state index in [2.05, 4.69) is 0 Å². The summed E-state index contributed by atoms with van der Waals surface area (Å²) < 4.78 is 0. The van der Waals surface area contributed by atoms with E-state index in [0.717, 1.165) is 16.8 Å². The lowest BCUT2D eigenvalue weighted by Crippen LogP contribution is -2.39. The van der Waals surface area contributed by atoms with Gasteiger partial charge >= 0.3 is 0 Å². The van der Waals surface area contributed by atoms with Crippen LogP contribution in [0.15, 0.2) is 18.2 Å². The molecule has 1 amide bonds. The molecule has 5 heteroatoms. The Morgan fingerprint density at radius 2 is 2.00 bits per heavy atom. The average molecular weight is 265 g/mol. The molecule has 4 N–H and O–H groups in total. The molecule has 1 rings (SSSR count). The monoisotopic (exact) mass is 265 g/mol. The molecular formula is C13H19N3OS. The second-order valence-electron chi connectivity index (χ2n) is 4.55. The van der Waals surface area contributed by atoms with E-state index in [1.807, 2.05) is 43.9 Å². The summed E-state index contributed by atoms with van der Waals surface area (Å²) in [5, 5.41) is 0. The normalized spacial score (nSPS) is 10.4. The zero-order chi connectivity index (χ0) is 13.9. The molecule has 1 aromatic rings. The number of nitrogens with zero attached hydrogens (tertiary/aromatic N) is 1. The topological polar surface area (TPSA) is 72.3 Å². The minimum atomic E-state index is -0.346. The van der Waals surface area contributed by atoms with Gasteiger partial charge in [-0.15, -0.1) is 0 Å². The molecule has 4 nitrogen and oxygen atoms in total. The van der Waals surface area contributed by atoms with Crippen molar-refractivity contribution in [1.29, 1.82) is 0 Å². The minimum Gasteiger partial charge on any atom is -0.389 e.